The Hall–Kier alpha value is -1.05. The largest absolute Gasteiger partial charge is 0.371 e. The van der Waals surface area contributed by atoms with Crippen LogP contribution in [0.2, 0.25) is 0 Å². The number of rotatable bonds is 6. The Balaban J connectivity index is 0. The summed E-state index contributed by atoms with van der Waals surface area (Å²) in [6.07, 6.45) is 5.04. The van der Waals surface area contributed by atoms with Crippen molar-refractivity contribution in [2.75, 3.05) is 6.54 Å². The van der Waals surface area contributed by atoms with Crippen molar-refractivity contribution in [3.63, 3.8) is 0 Å². The normalized spacial score (nSPS) is 14.4. The zero-order valence-corrected chi connectivity index (χ0v) is 9.80. The Morgan fingerprint density at radius 3 is 2.71 bits per heavy atom. The molecule has 1 unspecified atom stereocenters. The third-order valence-electron chi connectivity index (χ3n) is 2.34. The van der Waals surface area contributed by atoms with E-state index in [4.69, 9.17) is 0 Å². The topological polar surface area (TPSA) is 24.4 Å². The molecule has 1 N–H and O–H groups in total. The molecule has 0 saturated heterocycles. The first kappa shape index (κ1) is 12.9. The van der Waals surface area contributed by atoms with E-state index in [1.165, 1.54) is 12.0 Å². The molecule has 14 heavy (non-hydrogen) atoms. The molecule has 82 valence electrons. The Morgan fingerprint density at radius 1 is 1.57 bits per heavy atom. The van der Waals surface area contributed by atoms with Crippen LogP contribution in [0, 0.1) is 5.92 Å². The van der Waals surface area contributed by atoms with E-state index in [0.29, 0.717) is 5.92 Å². The van der Waals surface area contributed by atoms with E-state index in [1.807, 2.05) is 13.1 Å². The van der Waals surface area contributed by atoms with E-state index in [2.05, 4.69) is 43.7 Å². The van der Waals surface area contributed by atoms with Crippen LogP contribution >= 0.6 is 0 Å². The first-order valence-corrected chi connectivity index (χ1v) is 5.25. The fourth-order valence-electron chi connectivity index (χ4n) is 0.981. The second-order valence-corrected chi connectivity index (χ2v) is 3.48. The van der Waals surface area contributed by atoms with Crippen LogP contribution in [0.4, 0.5) is 0 Å². The highest BCUT2D eigenvalue weighted by atomic mass is 15.0. The highest BCUT2D eigenvalue weighted by Gasteiger charge is 1.98. The Bertz CT molecular complexity index is 232. The van der Waals surface area contributed by atoms with Gasteiger partial charge in [-0.15, -0.1) is 0 Å². The van der Waals surface area contributed by atoms with E-state index in [-0.39, 0.29) is 1.43 Å². The molecule has 2 nitrogen and oxygen atoms in total. The smallest absolute Gasteiger partial charge is 0.118 e. The van der Waals surface area contributed by atoms with Gasteiger partial charge in [0.2, 0.25) is 0 Å². The average Bonchev–Trinajstić information content (AvgIpc) is 2.16. The number of hydrogen-bond donors (Lipinski definition) is 1. The predicted octanol–water partition coefficient (Wildman–Crippen LogP) is 3.38. The molecule has 0 aromatic rings. The molecule has 0 aliphatic rings. The maximum Gasteiger partial charge on any atom is 0.118 e. The quantitative estimate of drug-likeness (QED) is 0.647. The fourth-order valence-corrected chi connectivity index (χ4v) is 0.981. The lowest BCUT2D eigenvalue weighted by molar-refractivity contribution is 0.656. The molecule has 2 heteroatoms. The Labute approximate surface area is 89.3 Å². The van der Waals surface area contributed by atoms with Crippen LogP contribution in [0.1, 0.15) is 35.5 Å². The van der Waals surface area contributed by atoms with Gasteiger partial charge in [0.05, 0.1) is 0 Å². The summed E-state index contributed by atoms with van der Waals surface area (Å²) >= 11 is 0. The van der Waals surface area contributed by atoms with Gasteiger partial charge in [-0.3, -0.25) is 0 Å². The second kappa shape index (κ2) is 7.36. The molecule has 0 aromatic carbocycles. The summed E-state index contributed by atoms with van der Waals surface area (Å²) in [5.41, 5.74) is 1.36. The first-order valence-electron chi connectivity index (χ1n) is 5.25. The minimum Gasteiger partial charge on any atom is -0.371 e. The molecule has 0 saturated carbocycles. The molecule has 0 heterocycles. The standard InChI is InChI=1S/C12H22N2.H2/c1-6-10(3)11(4)8-9-14-12(5)13-7-2;/h8-10,13H,5-7H2,1-4H3;1H/b11-8+,14-9-;. The van der Waals surface area contributed by atoms with Crippen molar-refractivity contribution in [1.29, 1.82) is 0 Å². The molecular formula is C12H24N2. The number of nitrogens with zero attached hydrogens (tertiary/aromatic N) is 1. The maximum atomic E-state index is 4.16. The van der Waals surface area contributed by atoms with E-state index in [1.54, 1.807) is 0 Å². The minimum absolute atomic E-state index is 0. The van der Waals surface area contributed by atoms with Crippen LogP contribution in [0.3, 0.4) is 0 Å². The lowest BCUT2D eigenvalue weighted by Crippen LogP contribution is -2.08. The second-order valence-electron chi connectivity index (χ2n) is 3.48. The Morgan fingerprint density at radius 2 is 2.21 bits per heavy atom. The molecule has 1 atom stereocenters. The highest BCUT2D eigenvalue weighted by Crippen LogP contribution is 2.11. The van der Waals surface area contributed by atoms with Crippen molar-refractivity contribution in [2.24, 2.45) is 10.9 Å². The van der Waals surface area contributed by atoms with Crippen LogP contribution in [0.5, 0.6) is 0 Å². The van der Waals surface area contributed by atoms with E-state index >= 15 is 0 Å². The van der Waals surface area contributed by atoms with Gasteiger partial charge in [-0.05, 0) is 32.3 Å². The zero-order chi connectivity index (χ0) is 11.0. The molecule has 0 amide bonds. The molecule has 0 aliphatic heterocycles. The lowest BCUT2D eigenvalue weighted by Gasteiger charge is -2.06. The summed E-state index contributed by atoms with van der Waals surface area (Å²) in [6.45, 7) is 13.2. The van der Waals surface area contributed by atoms with Gasteiger partial charge < -0.3 is 5.32 Å². The lowest BCUT2D eigenvalue weighted by atomic mass is 10.0. The molecular weight excluding hydrogens is 172 g/mol. The molecule has 0 fully saturated rings. The third kappa shape index (κ3) is 5.57. The summed E-state index contributed by atoms with van der Waals surface area (Å²) in [6, 6.07) is 0. The summed E-state index contributed by atoms with van der Waals surface area (Å²) in [4.78, 5) is 4.16. The fraction of sp³-hybridized carbons (Fsp3) is 0.583. The summed E-state index contributed by atoms with van der Waals surface area (Å²) in [5, 5.41) is 3.04. The highest BCUT2D eigenvalue weighted by molar-refractivity contribution is 5.73. The summed E-state index contributed by atoms with van der Waals surface area (Å²) in [7, 11) is 0. The van der Waals surface area contributed by atoms with Crippen LogP contribution in [0.15, 0.2) is 29.0 Å². The minimum atomic E-state index is 0. The molecule has 0 spiro atoms. The van der Waals surface area contributed by atoms with Crippen LogP contribution in [-0.2, 0) is 0 Å². The van der Waals surface area contributed by atoms with Crippen LogP contribution < -0.4 is 5.32 Å². The van der Waals surface area contributed by atoms with Crippen molar-refractivity contribution in [3.8, 4) is 0 Å². The van der Waals surface area contributed by atoms with E-state index in [9.17, 15) is 0 Å². The molecule has 0 rings (SSSR count). The number of hydrogen-bond acceptors (Lipinski definition) is 2. The summed E-state index contributed by atoms with van der Waals surface area (Å²) < 4.78 is 0. The molecule has 0 aliphatic carbocycles. The van der Waals surface area contributed by atoms with Gasteiger partial charge in [0.1, 0.15) is 5.82 Å². The third-order valence-corrected chi connectivity index (χ3v) is 2.34. The zero-order valence-electron chi connectivity index (χ0n) is 9.80. The van der Waals surface area contributed by atoms with E-state index in [0.717, 1.165) is 12.4 Å². The van der Waals surface area contributed by atoms with Crippen molar-refractivity contribution in [1.82, 2.24) is 5.32 Å². The van der Waals surface area contributed by atoms with Crippen LogP contribution in [0.25, 0.3) is 0 Å². The van der Waals surface area contributed by atoms with Gasteiger partial charge in [0, 0.05) is 14.2 Å². The molecule has 0 bridgehead atoms. The number of allylic oxidation sites excluding steroid dienone is 2. The van der Waals surface area contributed by atoms with Crippen molar-refractivity contribution in [3.05, 3.63) is 24.0 Å². The molecule has 0 radical (unpaired) electrons. The monoisotopic (exact) mass is 196 g/mol. The van der Waals surface area contributed by atoms with Crippen molar-refractivity contribution >= 4 is 6.21 Å². The van der Waals surface area contributed by atoms with Gasteiger partial charge in [0.15, 0.2) is 0 Å². The average molecular weight is 196 g/mol. The van der Waals surface area contributed by atoms with Gasteiger partial charge in [-0.1, -0.05) is 26.0 Å². The predicted molar refractivity (Wildman–Crippen MR) is 66.6 cm³/mol. The van der Waals surface area contributed by atoms with Gasteiger partial charge in [-0.2, -0.15) is 0 Å². The van der Waals surface area contributed by atoms with E-state index < -0.39 is 0 Å². The first-order chi connectivity index (χ1) is 6.61. The maximum absolute atomic E-state index is 4.16. The Kier molecular flexibility index (Phi) is 6.81. The van der Waals surface area contributed by atoms with Crippen LogP contribution in [-0.4, -0.2) is 12.8 Å². The number of aliphatic imine (C=N–C) groups is 1. The SMILES string of the molecule is C=C(/N=C\C=C(/C)C(C)CC)NCC.[HH]. The van der Waals surface area contributed by atoms with Crippen molar-refractivity contribution in [2.45, 2.75) is 34.1 Å². The number of nitrogens with one attached hydrogen (secondary N) is 1. The van der Waals surface area contributed by atoms with Crippen molar-refractivity contribution < 1.29 is 1.43 Å². The van der Waals surface area contributed by atoms with Gasteiger partial charge in [0.25, 0.3) is 0 Å². The van der Waals surface area contributed by atoms with Gasteiger partial charge >= 0.3 is 0 Å². The summed E-state index contributed by atoms with van der Waals surface area (Å²) in [5.74, 6) is 1.36. The molecule has 0 aromatic heterocycles. The van der Waals surface area contributed by atoms with Gasteiger partial charge in [-0.25, -0.2) is 4.99 Å².